The van der Waals surface area contributed by atoms with Crippen molar-refractivity contribution in [3.8, 4) is 5.88 Å². The highest BCUT2D eigenvalue weighted by atomic mass is 16.5. The van der Waals surface area contributed by atoms with Crippen LogP contribution < -0.4 is 10.1 Å². The lowest BCUT2D eigenvalue weighted by molar-refractivity contribution is 0.382. The minimum absolute atomic E-state index is 0.0673. The number of hydrogen-bond acceptors (Lipinski definition) is 5. The number of methoxy groups -OCH3 is 1. The van der Waals surface area contributed by atoms with E-state index in [2.05, 4.69) is 34.2 Å². The molecular formula is C15H23N5O. The topological polar surface area (TPSA) is 64.9 Å². The van der Waals surface area contributed by atoms with E-state index in [1.54, 1.807) is 19.5 Å². The summed E-state index contributed by atoms with van der Waals surface area (Å²) >= 11 is 0. The van der Waals surface area contributed by atoms with Gasteiger partial charge in [-0.05, 0) is 26.8 Å². The van der Waals surface area contributed by atoms with Crippen LogP contribution in [0, 0.1) is 13.8 Å². The van der Waals surface area contributed by atoms with Crippen LogP contribution in [0.3, 0.4) is 0 Å². The van der Waals surface area contributed by atoms with Gasteiger partial charge in [-0.3, -0.25) is 9.67 Å². The molecule has 0 aliphatic rings. The quantitative estimate of drug-likeness (QED) is 0.880. The molecule has 21 heavy (non-hydrogen) atoms. The number of nitrogens with zero attached hydrogens (tertiary/aromatic N) is 4. The van der Waals surface area contributed by atoms with E-state index in [4.69, 9.17) is 4.74 Å². The van der Waals surface area contributed by atoms with E-state index in [9.17, 15) is 0 Å². The van der Waals surface area contributed by atoms with Crippen molar-refractivity contribution in [2.24, 2.45) is 7.05 Å². The number of aromatic nitrogens is 4. The average molecular weight is 289 g/mol. The van der Waals surface area contributed by atoms with E-state index in [1.165, 1.54) is 0 Å². The SMILES string of the molecule is CCCNC(c1nccnc1OC)c1c(C)nn(C)c1C. The summed E-state index contributed by atoms with van der Waals surface area (Å²) in [4.78, 5) is 8.75. The zero-order valence-electron chi connectivity index (χ0n) is 13.3. The third-order valence-electron chi connectivity index (χ3n) is 3.61. The summed E-state index contributed by atoms with van der Waals surface area (Å²) < 4.78 is 7.27. The van der Waals surface area contributed by atoms with Gasteiger partial charge in [-0.25, -0.2) is 4.98 Å². The van der Waals surface area contributed by atoms with Crippen LogP contribution in [0.1, 0.15) is 42.0 Å². The molecule has 6 nitrogen and oxygen atoms in total. The lowest BCUT2D eigenvalue weighted by atomic mass is 10.0. The maximum absolute atomic E-state index is 5.37. The van der Waals surface area contributed by atoms with Crippen LogP contribution in [-0.4, -0.2) is 33.4 Å². The van der Waals surface area contributed by atoms with Crippen molar-refractivity contribution < 1.29 is 4.74 Å². The van der Waals surface area contributed by atoms with E-state index >= 15 is 0 Å². The minimum atomic E-state index is -0.0673. The van der Waals surface area contributed by atoms with Gasteiger partial charge in [-0.15, -0.1) is 0 Å². The van der Waals surface area contributed by atoms with Gasteiger partial charge < -0.3 is 10.1 Å². The minimum Gasteiger partial charge on any atom is -0.480 e. The van der Waals surface area contributed by atoms with Crippen LogP contribution in [0.25, 0.3) is 0 Å². The first-order chi connectivity index (χ1) is 10.1. The van der Waals surface area contributed by atoms with Crippen molar-refractivity contribution in [2.75, 3.05) is 13.7 Å². The Balaban J connectivity index is 2.52. The molecule has 2 heterocycles. The summed E-state index contributed by atoms with van der Waals surface area (Å²) in [5.41, 5.74) is 4.06. The second-order valence-corrected chi connectivity index (χ2v) is 5.05. The molecule has 0 bridgehead atoms. The second-order valence-electron chi connectivity index (χ2n) is 5.05. The molecule has 0 saturated carbocycles. The monoisotopic (exact) mass is 289 g/mol. The Morgan fingerprint density at radius 1 is 1.29 bits per heavy atom. The number of hydrogen-bond donors (Lipinski definition) is 1. The molecular weight excluding hydrogens is 266 g/mol. The first-order valence-electron chi connectivity index (χ1n) is 7.18. The number of aryl methyl sites for hydroxylation is 2. The van der Waals surface area contributed by atoms with Crippen LogP contribution in [0.4, 0.5) is 0 Å². The smallest absolute Gasteiger partial charge is 0.237 e. The summed E-state index contributed by atoms with van der Waals surface area (Å²) in [6.45, 7) is 7.11. The van der Waals surface area contributed by atoms with Crippen LogP contribution in [-0.2, 0) is 7.05 Å². The van der Waals surface area contributed by atoms with Crippen LogP contribution in [0.2, 0.25) is 0 Å². The molecule has 1 unspecified atom stereocenters. The first kappa shape index (κ1) is 15.4. The molecule has 6 heteroatoms. The van der Waals surface area contributed by atoms with Gasteiger partial charge in [0, 0.05) is 30.7 Å². The summed E-state index contributed by atoms with van der Waals surface area (Å²) in [6.07, 6.45) is 4.37. The molecule has 0 amide bonds. The maximum atomic E-state index is 5.37. The average Bonchev–Trinajstić information content (AvgIpc) is 2.74. The lowest BCUT2D eigenvalue weighted by Crippen LogP contribution is -2.26. The standard InChI is InChI=1S/C15H23N5O/c1-6-7-16-13(12-10(2)19-20(4)11(12)3)14-15(21-5)18-9-8-17-14/h8-9,13,16H,6-7H2,1-5H3. The molecule has 1 N–H and O–H groups in total. The second kappa shape index (κ2) is 6.67. The lowest BCUT2D eigenvalue weighted by Gasteiger charge is -2.20. The summed E-state index contributed by atoms with van der Waals surface area (Å²) in [5, 5.41) is 8.04. The van der Waals surface area contributed by atoms with E-state index < -0.39 is 0 Å². The van der Waals surface area contributed by atoms with Crippen LogP contribution >= 0.6 is 0 Å². The Kier molecular flexibility index (Phi) is 4.90. The highest BCUT2D eigenvalue weighted by molar-refractivity contribution is 5.37. The summed E-state index contributed by atoms with van der Waals surface area (Å²) in [6, 6.07) is -0.0673. The van der Waals surface area contributed by atoms with Crippen molar-refractivity contribution in [1.29, 1.82) is 0 Å². The molecule has 0 aromatic carbocycles. The van der Waals surface area contributed by atoms with Crippen LogP contribution in [0.15, 0.2) is 12.4 Å². The van der Waals surface area contributed by atoms with E-state index in [1.807, 2.05) is 18.7 Å². The first-order valence-corrected chi connectivity index (χ1v) is 7.18. The van der Waals surface area contributed by atoms with Gasteiger partial charge in [0.25, 0.3) is 0 Å². The number of rotatable bonds is 6. The molecule has 0 spiro atoms. The summed E-state index contributed by atoms with van der Waals surface area (Å²) in [7, 11) is 3.57. The fourth-order valence-electron chi connectivity index (χ4n) is 2.52. The predicted molar refractivity (Wildman–Crippen MR) is 81.4 cm³/mol. The van der Waals surface area contributed by atoms with E-state index in [-0.39, 0.29) is 6.04 Å². The summed E-state index contributed by atoms with van der Waals surface area (Å²) in [5.74, 6) is 0.550. The Morgan fingerprint density at radius 3 is 2.57 bits per heavy atom. The van der Waals surface area contributed by atoms with Crippen molar-refractivity contribution >= 4 is 0 Å². The molecule has 2 rings (SSSR count). The Hall–Kier alpha value is -1.95. The van der Waals surface area contributed by atoms with E-state index in [0.29, 0.717) is 5.88 Å². The third-order valence-corrected chi connectivity index (χ3v) is 3.61. The van der Waals surface area contributed by atoms with Gasteiger partial charge >= 0.3 is 0 Å². The number of nitrogens with one attached hydrogen (secondary N) is 1. The molecule has 2 aromatic rings. The van der Waals surface area contributed by atoms with Crippen LogP contribution in [0.5, 0.6) is 5.88 Å². The molecule has 0 saturated heterocycles. The fraction of sp³-hybridized carbons (Fsp3) is 0.533. The van der Waals surface area contributed by atoms with Gasteiger partial charge in [-0.1, -0.05) is 6.92 Å². The largest absolute Gasteiger partial charge is 0.480 e. The predicted octanol–water partition coefficient (Wildman–Crippen LogP) is 1.92. The van der Waals surface area contributed by atoms with Gasteiger partial charge in [0.1, 0.15) is 5.69 Å². The molecule has 1 atom stereocenters. The number of ether oxygens (including phenoxy) is 1. The zero-order valence-corrected chi connectivity index (χ0v) is 13.3. The fourth-order valence-corrected chi connectivity index (χ4v) is 2.52. The molecule has 114 valence electrons. The third kappa shape index (κ3) is 3.05. The van der Waals surface area contributed by atoms with Crippen molar-refractivity contribution in [3.05, 3.63) is 35.0 Å². The molecule has 0 radical (unpaired) electrons. The highest BCUT2D eigenvalue weighted by Gasteiger charge is 2.25. The van der Waals surface area contributed by atoms with Crippen molar-refractivity contribution in [1.82, 2.24) is 25.1 Å². The van der Waals surface area contributed by atoms with Crippen molar-refractivity contribution in [2.45, 2.75) is 33.2 Å². The van der Waals surface area contributed by atoms with Gasteiger partial charge in [-0.2, -0.15) is 5.10 Å². The molecule has 0 aliphatic heterocycles. The van der Waals surface area contributed by atoms with E-state index in [0.717, 1.165) is 35.6 Å². The molecule has 2 aromatic heterocycles. The normalized spacial score (nSPS) is 12.4. The maximum Gasteiger partial charge on any atom is 0.237 e. The zero-order chi connectivity index (χ0) is 15.4. The molecule has 0 aliphatic carbocycles. The van der Waals surface area contributed by atoms with Gasteiger partial charge in [0.05, 0.1) is 18.8 Å². The molecule has 0 fully saturated rings. The Morgan fingerprint density at radius 2 is 2.00 bits per heavy atom. The Labute approximate surface area is 125 Å². The van der Waals surface area contributed by atoms with Gasteiger partial charge in [0.15, 0.2) is 0 Å². The van der Waals surface area contributed by atoms with Crippen molar-refractivity contribution in [3.63, 3.8) is 0 Å². The van der Waals surface area contributed by atoms with Gasteiger partial charge in [0.2, 0.25) is 5.88 Å². The Bertz CT molecular complexity index is 608. The highest BCUT2D eigenvalue weighted by Crippen LogP contribution is 2.30.